The quantitative estimate of drug-likeness (QED) is 0.675. The molecule has 0 spiro atoms. The fourth-order valence-electron chi connectivity index (χ4n) is 3.22. The first-order chi connectivity index (χ1) is 13.2. The summed E-state index contributed by atoms with van der Waals surface area (Å²) in [6.45, 7) is 0. The van der Waals surface area contributed by atoms with E-state index in [1.165, 1.54) is 0 Å². The molecule has 1 aliphatic heterocycles. The lowest BCUT2D eigenvalue weighted by molar-refractivity contribution is -0.117. The number of hydrogen-bond donors (Lipinski definition) is 1. The molecule has 4 nitrogen and oxygen atoms in total. The number of hydroxylamine groups is 1. The van der Waals surface area contributed by atoms with Crippen molar-refractivity contribution in [1.82, 2.24) is 0 Å². The number of para-hydroxylation sites is 2. The lowest BCUT2D eigenvalue weighted by atomic mass is 10.0. The summed E-state index contributed by atoms with van der Waals surface area (Å²) < 4.78 is 0. The summed E-state index contributed by atoms with van der Waals surface area (Å²) in [5, 5.41) is 5.14. The summed E-state index contributed by atoms with van der Waals surface area (Å²) in [7, 11) is 0. The van der Waals surface area contributed by atoms with E-state index in [1.807, 2.05) is 72.8 Å². The van der Waals surface area contributed by atoms with Crippen molar-refractivity contribution in [2.75, 3.05) is 10.4 Å². The molecule has 1 N–H and O–H groups in total. The van der Waals surface area contributed by atoms with Gasteiger partial charge in [0.05, 0.1) is 16.4 Å². The molecule has 27 heavy (non-hydrogen) atoms. The van der Waals surface area contributed by atoms with E-state index in [2.05, 4.69) is 5.32 Å². The van der Waals surface area contributed by atoms with Crippen LogP contribution in [0.2, 0.25) is 5.02 Å². The van der Waals surface area contributed by atoms with Gasteiger partial charge in [0.2, 0.25) is 5.91 Å². The maximum Gasteiger partial charge on any atom is 0.249 e. The molecule has 4 rings (SSSR count). The molecule has 0 aliphatic carbocycles. The number of nitrogens with one attached hydrogen (secondary N) is 1. The van der Waals surface area contributed by atoms with Gasteiger partial charge in [-0.15, -0.1) is 0 Å². The molecular weight excluding hydrogens is 360 g/mol. The minimum absolute atomic E-state index is 0.148. The predicted molar refractivity (Wildman–Crippen MR) is 108 cm³/mol. The van der Waals surface area contributed by atoms with Gasteiger partial charge in [-0.1, -0.05) is 72.3 Å². The zero-order valence-electron chi connectivity index (χ0n) is 14.6. The minimum atomic E-state index is -0.464. The van der Waals surface area contributed by atoms with Crippen LogP contribution >= 0.6 is 11.6 Å². The summed E-state index contributed by atoms with van der Waals surface area (Å²) in [6.07, 6.45) is 0.364. The fourth-order valence-corrected chi connectivity index (χ4v) is 3.41. The van der Waals surface area contributed by atoms with Crippen molar-refractivity contribution in [3.63, 3.8) is 0 Å². The van der Waals surface area contributed by atoms with Crippen molar-refractivity contribution in [2.45, 2.75) is 18.6 Å². The SMILES string of the molecule is O=C(Nc1ccccc1Cl)C1CC(c2ccccc2)ON1c1ccccc1. The molecule has 2 atom stereocenters. The van der Waals surface area contributed by atoms with E-state index in [-0.39, 0.29) is 12.0 Å². The Labute approximate surface area is 163 Å². The van der Waals surface area contributed by atoms with Gasteiger partial charge >= 0.3 is 0 Å². The van der Waals surface area contributed by atoms with Crippen LogP contribution in [0.25, 0.3) is 0 Å². The Morgan fingerprint density at radius 1 is 0.926 bits per heavy atom. The molecule has 1 heterocycles. The molecule has 0 bridgehead atoms. The first-order valence-corrected chi connectivity index (χ1v) is 9.21. The van der Waals surface area contributed by atoms with Crippen LogP contribution in [-0.2, 0) is 9.63 Å². The number of benzene rings is 3. The molecule has 0 saturated carbocycles. The van der Waals surface area contributed by atoms with Gasteiger partial charge in [-0.3, -0.25) is 9.63 Å². The van der Waals surface area contributed by atoms with Crippen LogP contribution in [0.1, 0.15) is 18.1 Å². The molecule has 1 fully saturated rings. The second-order valence-corrected chi connectivity index (χ2v) is 6.79. The van der Waals surface area contributed by atoms with E-state index in [1.54, 1.807) is 17.2 Å². The van der Waals surface area contributed by atoms with Gasteiger partial charge in [0.15, 0.2) is 0 Å². The van der Waals surface area contributed by atoms with Crippen molar-refractivity contribution in [3.8, 4) is 0 Å². The number of nitrogens with zero attached hydrogens (tertiary/aromatic N) is 1. The van der Waals surface area contributed by atoms with Crippen molar-refractivity contribution >= 4 is 28.9 Å². The van der Waals surface area contributed by atoms with E-state index >= 15 is 0 Å². The van der Waals surface area contributed by atoms with E-state index in [0.717, 1.165) is 11.3 Å². The number of carbonyl (C=O) groups is 1. The van der Waals surface area contributed by atoms with Crippen molar-refractivity contribution < 1.29 is 9.63 Å². The molecular formula is C22H19ClN2O2. The van der Waals surface area contributed by atoms with Crippen LogP contribution in [0.4, 0.5) is 11.4 Å². The van der Waals surface area contributed by atoms with Crippen LogP contribution in [-0.4, -0.2) is 11.9 Å². The summed E-state index contributed by atoms with van der Waals surface area (Å²) in [6, 6.07) is 26.4. The van der Waals surface area contributed by atoms with E-state index in [0.29, 0.717) is 17.1 Å². The lowest BCUT2D eigenvalue weighted by Crippen LogP contribution is -2.39. The summed E-state index contributed by atoms with van der Waals surface area (Å²) in [5.74, 6) is -0.148. The molecule has 3 aromatic carbocycles. The largest absolute Gasteiger partial charge is 0.323 e. The zero-order chi connectivity index (χ0) is 18.6. The second-order valence-electron chi connectivity index (χ2n) is 6.39. The third-order valence-corrected chi connectivity index (χ3v) is 4.91. The normalized spacial score (nSPS) is 19.1. The Bertz CT molecular complexity index is 918. The molecule has 2 unspecified atom stereocenters. The van der Waals surface area contributed by atoms with Gasteiger partial charge in [-0.2, -0.15) is 0 Å². The summed E-state index contributed by atoms with van der Waals surface area (Å²) in [4.78, 5) is 19.2. The molecule has 0 aromatic heterocycles. The highest BCUT2D eigenvalue weighted by Crippen LogP contribution is 2.37. The number of halogens is 1. The maximum absolute atomic E-state index is 13.0. The molecule has 1 aliphatic rings. The first kappa shape index (κ1) is 17.6. The van der Waals surface area contributed by atoms with E-state index < -0.39 is 6.04 Å². The standard InChI is InChI=1S/C22H19ClN2O2/c23-18-13-7-8-14-19(18)24-22(26)20-15-21(16-9-3-1-4-10-16)27-25(20)17-11-5-2-6-12-17/h1-14,20-21H,15H2,(H,24,26). The smallest absolute Gasteiger partial charge is 0.249 e. The van der Waals surface area contributed by atoms with Gasteiger partial charge in [0, 0.05) is 6.42 Å². The van der Waals surface area contributed by atoms with E-state index in [9.17, 15) is 4.79 Å². The lowest BCUT2D eigenvalue weighted by Gasteiger charge is -2.24. The third-order valence-electron chi connectivity index (χ3n) is 4.58. The first-order valence-electron chi connectivity index (χ1n) is 8.84. The van der Waals surface area contributed by atoms with Crippen molar-refractivity contribution in [2.24, 2.45) is 0 Å². The number of hydrogen-bond acceptors (Lipinski definition) is 3. The van der Waals surface area contributed by atoms with Gasteiger partial charge in [0.25, 0.3) is 0 Å². The number of anilines is 2. The number of carbonyl (C=O) groups excluding carboxylic acids is 1. The number of amides is 1. The van der Waals surface area contributed by atoms with Gasteiger partial charge in [-0.05, 0) is 29.8 Å². The Hall–Kier alpha value is -2.82. The predicted octanol–water partition coefficient (Wildman–Crippen LogP) is 5.23. The van der Waals surface area contributed by atoms with Crippen LogP contribution in [0.15, 0.2) is 84.9 Å². The molecule has 3 aromatic rings. The highest BCUT2D eigenvalue weighted by atomic mass is 35.5. The highest BCUT2D eigenvalue weighted by molar-refractivity contribution is 6.33. The molecule has 1 amide bonds. The van der Waals surface area contributed by atoms with Crippen LogP contribution in [0.3, 0.4) is 0 Å². The third kappa shape index (κ3) is 3.82. The molecule has 0 radical (unpaired) electrons. The van der Waals surface area contributed by atoms with Gasteiger partial charge in [0.1, 0.15) is 12.1 Å². The topological polar surface area (TPSA) is 41.6 Å². The van der Waals surface area contributed by atoms with Crippen LogP contribution in [0, 0.1) is 0 Å². The monoisotopic (exact) mass is 378 g/mol. The average Bonchev–Trinajstić information content (AvgIpc) is 3.17. The minimum Gasteiger partial charge on any atom is -0.323 e. The van der Waals surface area contributed by atoms with E-state index in [4.69, 9.17) is 16.4 Å². The zero-order valence-corrected chi connectivity index (χ0v) is 15.3. The summed E-state index contributed by atoms with van der Waals surface area (Å²) in [5.41, 5.74) is 2.49. The van der Waals surface area contributed by atoms with Gasteiger partial charge < -0.3 is 5.32 Å². The Morgan fingerprint density at radius 2 is 1.56 bits per heavy atom. The van der Waals surface area contributed by atoms with Crippen LogP contribution in [0.5, 0.6) is 0 Å². The fraction of sp³-hybridized carbons (Fsp3) is 0.136. The van der Waals surface area contributed by atoms with Crippen LogP contribution < -0.4 is 10.4 Å². The second kappa shape index (κ2) is 7.82. The maximum atomic E-state index is 13.0. The van der Waals surface area contributed by atoms with Gasteiger partial charge in [-0.25, -0.2) is 5.06 Å². The summed E-state index contributed by atoms with van der Waals surface area (Å²) >= 11 is 6.19. The molecule has 136 valence electrons. The van der Waals surface area contributed by atoms with Crippen molar-refractivity contribution in [3.05, 3.63) is 95.5 Å². The number of rotatable bonds is 4. The molecule has 5 heteroatoms. The average molecular weight is 379 g/mol. The Kier molecular flexibility index (Phi) is 5.10. The van der Waals surface area contributed by atoms with Crippen molar-refractivity contribution in [1.29, 1.82) is 0 Å². The Morgan fingerprint density at radius 3 is 2.26 bits per heavy atom. The highest BCUT2D eigenvalue weighted by Gasteiger charge is 2.39. The Balaban J connectivity index is 1.61. The molecule has 1 saturated heterocycles.